The van der Waals surface area contributed by atoms with Crippen molar-refractivity contribution in [1.82, 2.24) is 10.2 Å². The van der Waals surface area contributed by atoms with Gasteiger partial charge in [0.25, 0.3) is 0 Å². The van der Waals surface area contributed by atoms with E-state index in [-0.39, 0.29) is 43.9 Å². The molecule has 0 unspecified atom stereocenters. The zero-order valence-corrected chi connectivity index (χ0v) is 21.6. The molecule has 11 nitrogen and oxygen atoms in total. The number of methoxy groups -OCH3 is 2. The number of hydrogen-bond acceptors (Lipinski definition) is 9. The van der Waals surface area contributed by atoms with Crippen molar-refractivity contribution in [2.75, 3.05) is 47.1 Å². The highest BCUT2D eigenvalue weighted by atomic mass is 16.5. The summed E-state index contributed by atoms with van der Waals surface area (Å²) in [6, 6.07) is 2.22. The number of ether oxygens (including phenoxy) is 4. The van der Waals surface area contributed by atoms with Crippen molar-refractivity contribution in [1.29, 1.82) is 0 Å². The minimum atomic E-state index is -1.21. The summed E-state index contributed by atoms with van der Waals surface area (Å²) in [7, 11) is 2.84. The Labute approximate surface area is 216 Å². The normalized spacial score (nSPS) is 22.0. The van der Waals surface area contributed by atoms with Gasteiger partial charge in [-0.3, -0.25) is 14.4 Å². The molecule has 1 heterocycles. The fourth-order valence-corrected chi connectivity index (χ4v) is 4.76. The molecule has 0 bridgehead atoms. The second kappa shape index (κ2) is 13.0. The maximum absolute atomic E-state index is 13.2. The molecule has 0 saturated heterocycles. The molecule has 37 heavy (non-hydrogen) atoms. The third kappa shape index (κ3) is 6.30. The van der Waals surface area contributed by atoms with Gasteiger partial charge in [0.1, 0.15) is 25.1 Å². The number of fused-ring (bicyclic) bond motifs is 3. The number of rotatable bonds is 13. The molecule has 11 heteroatoms. The Bertz CT molecular complexity index is 1010. The van der Waals surface area contributed by atoms with Crippen LogP contribution in [0.4, 0.5) is 0 Å². The van der Waals surface area contributed by atoms with Gasteiger partial charge in [0, 0.05) is 43.5 Å². The van der Waals surface area contributed by atoms with E-state index in [9.17, 15) is 24.6 Å². The number of carbonyl (C=O) groups is 3. The van der Waals surface area contributed by atoms with E-state index in [4.69, 9.17) is 18.9 Å². The van der Waals surface area contributed by atoms with Crippen LogP contribution in [-0.2, 0) is 19.1 Å². The minimum Gasteiger partial charge on any atom is -0.493 e. The molecule has 2 amide bonds. The summed E-state index contributed by atoms with van der Waals surface area (Å²) in [5.74, 6) is -0.945. The second-order valence-corrected chi connectivity index (χ2v) is 9.20. The lowest BCUT2D eigenvalue weighted by atomic mass is 9.77. The number of hydrogen-bond donors (Lipinski definition) is 3. The molecule has 2 aliphatic rings. The largest absolute Gasteiger partial charge is 0.493 e. The van der Waals surface area contributed by atoms with E-state index in [1.165, 1.54) is 25.2 Å². The summed E-state index contributed by atoms with van der Waals surface area (Å²) >= 11 is 0. The second-order valence-electron chi connectivity index (χ2n) is 9.20. The highest BCUT2D eigenvalue weighted by Gasteiger charge is 2.51. The number of aliphatic hydroxyl groups is 2. The maximum Gasteiger partial charge on any atom is 0.249 e. The lowest BCUT2D eigenvalue weighted by Gasteiger charge is -2.40. The van der Waals surface area contributed by atoms with Crippen LogP contribution < -0.4 is 14.8 Å². The van der Waals surface area contributed by atoms with Crippen molar-refractivity contribution >= 4 is 18.1 Å². The molecule has 0 aromatic heterocycles. The molecule has 0 saturated carbocycles. The summed E-state index contributed by atoms with van der Waals surface area (Å²) in [4.78, 5) is 39.3. The van der Waals surface area contributed by atoms with Gasteiger partial charge < -0.3 is 39.4 Å². The van der Waals surface area contributed by atoms with Crippen LogP contribution in [0.2, 0.25) is 0 Å². The molecule has 3 rings (SSSR count). The molecule has 0 spiro atoms. The smallest absolute Gasteiger partial charge is 0.249 e. The van der Waals surface area contributed by atoms with Gasteiger partial charge in [0.15, 0.2) is 11.5 Å². The lowest BCUT2D eigenvalue weighted by Crippen LogP contribution is -2.56. The molecule has 1 aliphatic carbocycles. The Morgan fingerprint density at radius 1 is 1.27 bits per heavy atom. The summed E-state index contributed by atoms with van der Waals surface area (Å²) in [6.07, 6.45) is 0.625. The van der Waals surface area contributed by atoms with Gasteiger partial charge in [0.2, 0.25) is 11.8 Å². The number of amides is 2. The number of benzene rings is 1. The average molecular weight is 521 g/mol. The molecule has 0 radical (unpaired) electrons. The van der Waals surface area contributed by atoms with Crippen LogP contribution in [0.15, 0.2) is 23.8 Å². The zero-order chi connectivity index (χ0) is 27.1. The van der Waals surface area contributed by atoms with Crippen molar-refractivity contribution in [3.05, 3.63) is 34.9 Å². The van der Waals surface area contributed by atoms with Crippen LogP contribution in [0.25, 0.3) is 0 Å². The Morgan fingerprint density at radius 2 is 2.03 bits per heavy atom. The highest BCUT2D eigenvalue weighted by molar-refractivity contribution is 5.96. The molecule has 1 aliphatic heterocycles. The Hall–Kier alpha value is -2.99. The fourth-order valence-electron chi connectivity index (χ4n) is 4.76. The number of nitrogens with one attached hydrogen (secondary N) is 1. The van der Waals surface area contributed by atoms with Crippen LogP contribution in [0, 0.1) is 0 Å². The molecular weight excluding hydrogens is 484 g/mol. The standard InChI is InChI=1S/C26H36N2O9/c1-15(2)36-9-5-7-28(21(31)14-34-3)19-12-18(26(33)27-6-8-29)22-17-10-16(13-30)11-20(35-4)24(17)37-25(22)23(19)32/h10-13,15,19,22-23,25,29,32H,5-9,14H2,1-4H3,(H,27,33)/t19-,22+,23+,25+/m1/s1. The molecule has 1 aromatic rings. The van der Waals surface area contributed by atoms with E-state index in [0.717, 1.165) is 0 Å². The van der Waals surface area contributed by atoms with E-state index in [0.29, 0.717) is 41.9 Å². The SMILES string of the molecule is COCC(=O)N(CCCOC(C)C)[C@@H]1C=C(C(=O)NCCO)[C@@H]2c3cc(C=O)cc(OC)c3O[C@@H]2[C@H]1O. The van der Waals surface area contributed by atoms with E-state index in [1.807, 2.05) is 13.8 Å². The number of aldehydes is 1. The predicted molar refractivity (Wildman–Crippen MR) is 133 cm³/mol. The molecule has 1 aromatic carbocycles. The van der Waals surface area contributed by atoms with Crippen molar-refractivity contribution in [2.24, 2.45) is 0 Å². The lowest BCUT2D eigenvalue weighted by molar-refractivity contribution is -0.141. The number of aliphatic hydroxyl groups excluding tert-OH is 2. The topological polar surface area (TPSA) is 144 Å². The quantitative estimate of drug-likeness (QED) is 0.249. The monoisotopic (exact) mass is 520 g/mol. The van der Waals surface area contributed by atoms with E-state index < -0.39 is 30.1 Å². The molecular formula is C26H36N2O9. The number of carbonyl (C=O) groups excluding carboxylic acids is 3. The van der Waals surface area contributed by atoms with Crippen molar-refractivity contribution < 1.29 is 43.5 Å². The van der Waals surface area contributed by atoms with Gasteiger partial charge in [-0.15, -0.1) is 0 Å². The summed E-state index contributed by atoms with van der Waals surface area (Å²) < 4.78 is 22.2. The van der Waals surface area contributed by atoms with E-state index >= 15 is 0 Å². The fraction of sp³-hybridized carbons (Fsp3) is 0.577. The zero-order valence-electron chi connectivity index (χ0n) is 21.6. The first-order valence-corrected chi connectivity index (χ1v) is 12.3. The van der Waals surface area contributed by atoms with E-state index in [1.54, 1.807) is 12.1 Å². The Balaban J connectivity index is 2.04. The van der Waals surface area contributed by atoms with Crippen LogP contribution >= 0.6 is 0 Å². The first kappa shape index (κ1) is 28.6. The van der Waals surface area contributed by atoms with Crippen LogP contribution in [-0.4, -0.2) is 105 Å². The van der Waals surface area contributed by atoms with Crippen LogP contribution in [0.5, 0.6) is 11.5 Å². The first-order valence-electron chi connectivity index (χ1n) is 12.3. The van der Waals surface area contributed by atoms with E-state index in [2.05, 4.69) is 5.32 Å². The van der Waals surface area contributed by atoms with Crippen molar-refractivity contribution in [3.8, 4) is 11.5 Å². The summed E-state index contributed by atoms with van der Waals surface area (Å²) in [5.41, 5.74) is 1.11. The highest BCUT2D eigenvalue weighted by Crippen LogP contribution is 2.51. The van der Waals surface area contributed by atoms with Crippen molar-refractivity contribution in [3.63, 3.8) is 0 Å². The molecule has 204 valence electrons. The first-order chi connectivity index (χ1) is 17.8. The van der Waals surface area contributed by atoms with Crippen LogP contribution in [0.3, 0.4) is 0 Å². The van der Waals surface area contributed by atoms with Crippen molar-refractivity contribution in [2.45, 2.75) is 50.5 Å². The third-order valence-corrected chi connectivity index (χ3v) is 6.35. The van der Waals surface area contributed by atoms with Gasteiger partial charge in [0.05, 0.1) is 31.8 Å². The summed E-state index contributed by atoms with van der Waals surface area (Å²) in [6.45, 7) is 4.04. The maximum atomic E-state index is 13.2. The minimum absolute atomic E-state index is 0.0189. The van der Waals surface area contributed by atoms with Gasteiger partial charge in [-0.1, -0.05) is 0 Å². The van der Waals surface area contributed by atoms with Gasteiger partial charge in [-0.2, -0.15) is 0 Å². The molecule has 4 atom stereocenters. The average Bonchev–Trinajstić information content (AvgIpc) is 3.27. The molecule has 3 N–H and O–H groups in total. The Kier molecular flexibility index (Phi) is 10.0. The molecule has 0 fully saturated rings. The predicted octanol–water partition coefficient (Wildman–Crippen LogP) is 0.420. The van der Waals surface area contributed by atoms with Gasteiger partial charge in [-0.05, 0) is 38.5 Å². The van der Waals surface area contributed by atoms with Gasteiger partial charge in [-0.25, -0.2) is 0 Å². The van der Waals surface area contributed by atoms with Crippen LogP contribution in [0.1, 0.15) is 42.1 Å². The summed E-state index contributed by atoms with van der Waals surface area (Å²) in [5, 5.41) is 23.4. The van der Waals surface area contributed by atoms with Gasteiger partial charge >= 0.3 is 0 Å². The third-order valence-electron chi connectivity index (χ3n) is 6.35. The number of nitrogens with zero attached hydrogens (tertiary/aromatic N) is 1. The Morgan fingerprint density at radius 3 is 2.65 bits per heavy atom.